The summed E-state index contributed by atoms with van der Waals surface area (Å²) in [5, 5.41) is 18.4. The molecule has 4 nitrogen and oxygen atoms in total. The fourth-order valence-electron chi connectivity index (χ4n) is 5.05. The van der Waals surface area contributed by atoms with Gasteiger partial charge in [-0.1, -0.05) is 74.2 Å². The number of carboxylic acid groups (broad SMARTS) is 1. The van der Waals surface area contributed by atoms with Crippen LogP contribution in [0.2, 0.25) is 10.0 Å². The number of likely N-dealkylation sites (N-methyl/N-ethyl adjacent to an activating group) is 1. The number of carbonyl (C=O) groups is 1. The van der Waals surface area contributed by atoms with Crippen LogP contribution in [0.3, 0.4) is 0 Å². The van der Waals surface area contributed by atoms with E-state index in [2.05, 4.69) is 24.5 Å². The second-order valence-corrected chi connectivity index (χ2v) is 8.57. The standard InChI is InChI=1S/C23H28Cl2N2O2/c1-4-14(5-2)21-23(26-3,16-9-11-17(24)12-10-16)19(20(27-21)22(28)29)15-7-6-8-18(25)13-15/h6-14,19-21,26-27H,4-5H2,1-3H3,(H,28,29). The molecular weight excluding hydrogens is 407 g/mol. The molecule has 3 rings (SSSR count). The zero-order valence-corrected chi connectivity index (χ0v) is 18.5. The van der Waals surface area contributed by atoms with Crippen LogP contribution < -0.4 is 10.6 Å². The summed E-state index contributed by atoms with van der Waals surface area (Å²) in [6, 6.07) is 14.4. The molecule has 0 aliphatic carbocycles. The second-order valence-electron chi connectivity index (χ2n) is 7.70. The minimum atomic E-state index is -0.864. The van der Waals surface area contributed by atoms with Gasteiger partial charge in [0.15, 0.2) is 0 Å². The molecule has 0 aromatic heterocycles. The Bertz CT molecular complexity index is 854. The van der Waals surface area contributed by atoms with Crippen molar-refractivity contribution in [2.75, 3.05) is 7.05 Å². The molecule has 1 aliphatic heterocycles. The van der Waals surface area contributed by atoms with Crippen molar-refractivity contribution in [3.05, 3.63) is 69.7 Å². The van der Waals surface area contributed by atoms with Crippen LogP contribution in [-0.2, 0) is 10.3 Å². The fraction of sp³-hybridized carbons (Fsp3) is 0.435. The van der Waals surface area contributed by atoms with E-state index in [1.165, 1.54) is 0 Å². The van der Waals surface area contributed by atoms with Gasteiger partial charge in [-0.15, -0.1) is 0 Å². The quantitative estimate of drug-likeness (QED) is 0.570. The Morgan fingerprint density at radius 2 is 1.79 bits per heavy atom. The molecule has 29 heavy (non-hydrogen) atoms. The molecule has 1 aliphatic rings. The van der Waals surface area contributed by atoms with E-state index < -0.39 is 17.6 Å². The van der Waals surface area contributed by atoms with E-state index in [-0.39, 0.29) is 12.0 Å². The Balaban J connectivity index is 2.29. The van der Waals surface area contributed by atoms with Crippen molar-refractivity contribution in [1.82, 2.24) is 10.6 Å². The van der Waals surface area contributed by atoms with Crippen molar-refractivity contribution >= 4 is 29.2 Å². The Morgan fingerprint density at radius 1 is 1.14 bits per heavy atom. The highest BCUT2D eigenvalue weighted by Gasteiger charge is 2.59. The smallest absolute Gasteiger partial charge is 0.321 e. The molecule has 1 heterocycles. The fourth-order valence-corrected chi connectivity index (χ4v) is 5.38. The summed E-state index contributed by atoms with van der Waals surface area (Å²) >= 11 is 12.5. The number of hydrogen-bond acceptors (Lipinski definition) is 3. The van der Waals surface area contributed by atoms with E-state index in [4.69, 9.17) is 23.2 Å². The average Bonchev–Trinajstić information content (AvgIpc) is 3.06. The lowest BCUT2D eigenvalue weighted by molar-refractivity contribution is -0.139. The number of rotatable bonds is 7. The predicted molar refractivity (Wildman–Crippen MR) is 119 cm³/mol. The summed E-state index contributed by atoms with van der Waals surface area (Å²) in [7, 11) is 1.91. The van der Waals surface area contributed by atoms with E-state index in [0.717, 1.165) is 24.0 Å². The molecular formula is C23H28Cl2N2O2. The first-order valence-corrected chi connectivity index (χ1v) is 10.8. The highest BCUT2D eigenvalue weighted by Crippen LogP contribution is 2.50. The van der Waals surface area contributed by atoms with E-state index in [1.807, 2.05) is 55.6 Å². The number of carboxylic acids is 1. The first-order chi connectivity index (χ1) is 13.9. The van der Waals surface area contributed by atoms with Gasteiger partial charge in [-0.2, -0.15) is 0 Å². The Morgan fingerprint density at radius 3 is 2.31 bits per heavy atom. The third kappa shape index (κ3) is 3.91. The van der Waals surface area contributed by atoms with Gasteiger partial charge in [0.25, 0.3) is 0 Å². The largest absolute Gasteiger partial charge is 0.480 e. The van der Waals surface area contributed by atoms with Crippen LogP contribution in [0.15, 0.2) is 48.5 Å². The molecule has 6 heteroatoms. The predicted octanol–water partition coefficient (Wildman–Crippen LogP) is 5.05. The summed E-state index contributed by atoms with van der Waals surface area (Å²) in [5.41, 5.74) is 1.28. The Hall–Kier alpha value is -1.59. The van der Waals surface area contributed by atoms with Crippen molar-refractivity contribution in [3.63, 3.8) is 0 Å². The summed E-state index contributed by atoms with van der Waals surface area (Å²) in [5.74, 6) is -0.920. The maximum Gasteiger partial charge on any atom is 0.321 e. The molecule has 0 saturated carbocycles. The van der Waals surface area contributed by atoms with Gasteiger partial charge < -0.3 is 10.4 Å². The lowest BCUT2D eigenvalue weighted by Crippen LogP contribution is -2.55. The van der Waals surface area contributed by atoms with E-state index in [0.29, 0.717) is 16.0 Å². The molecule has 0 spiro atoms. The zero-order valence-electron chi connectivity index (χ0n) is 17.0. The lowest BCUT2D eigenvalue weighted by Gasteiger charge is -2.43. The molecule has 1 saturated heterocycles. The molecule has 4 unspecified atom stereocenters. The maximum absolute atomic E-state index is 12.4. The molecule has 2 aromatic carbocycles. The minimum Gasteiger partial charge on any atom is -0.480 e. The van der Waals surface area contributed by atoms with Crippen LogP contribution in [-0.4, -0.2) is 30.2 Å². The van der Waals surface area contributed by atoms with Gasteiger partial charge in [0, 0.05) is 22.0 Å². The van der Waals surface area contributed by atoms with Crippen molar-refractivity contribution < 1.29 is 9.90 Å². The van der Waals surface area contributed by atoms with E-state index in [9.17, 15) is 9.90 Å². The first kappa shape index (κ1) is 22.1. The zero-order chi connectivity index (χ0) is 21.2. The highest BCUT2D eigenvalue weighted by molar-refractivity contribution is 6.30. The van der Waals surface area contributed by atoms with Crippen molar-refractivity contribution in [1.29, 1.82) is 0 Å². The number of benzene rings is 2. The Labute approximate surface area is 182 Å². The molecule has 0 radical (unpaired) electrons. The molecule has 1 fully saturated rings. The van der Waals surface area contributed by atoms with Crippen LogP contribution in [0.25, 0.3) is 0 Å². The van der Waals surface area contributed by atoms with Crippen molar-refractivity contribution in [2.24, 2.45) is 5.92 Å². The number of hydrogen-bond donors (Lipinski definition) is 3. The number of halogens is 2. The normalized spacial score (nSPS) is 26.8. The van der Waals surface area contributed by atoms with Gasteiger partial charge in [-0.05, 0) is 48.4 Å². The lowest BCUT2D eigenvalue weighted by atomic mass is 9.67. The van der Waals surface area contributed by atoms with Gasteiger partial charge >= 0.3 is 5.97 Å². The summed E-state index contributed by atoms with van der Waals surface area (Å²) in [6.45, 7) is 4.31. The van der Waals surface area contributed by atoms with Gasteiger partial charge in [0.1, 0.15) is 6.04 Å². The van der Waals surface area contributed by atoms with E-state index in [1.54, 1.807) is 0 Å². The molecule has 156 valence electrons. The van der Waals surface area contributed by atoms with Crippen LogP contribution >= 0.6 is 23.2 Å². The van der Waals surface area contributed by atoms with Gasteiger partial charge in [-0.3, -0.25) is 10.1 Å². The SMILES string of the molecule is CCC(CC)C1NC(C(=O)O)C(c2cccc(Cl)c2)C1(NC)c1ccc(Cl)cc1. The Kier molecular flexibility index (Phi) is 6.90. The van der Waals surface area contributed by atoms with Crippen LogP contribution in [0.4, 0.5) is 0 Å². The third-order valence-electron chi connectivity index (χ3n) is 6.40. The maximum atomic E-state index is 12.4. The number of aliphatic carboxylic acids is 1. The molecule has 3 N–H and O–H groups in total. The topological polar surface area (TPSA) is 61.4 Å². The molecule has 4 atom stereocenters. The summed E-state index contributed by atoms with van der Waals surface area (Å²) < 4.78 is 0. The van der Waals surface area contributed by atoms with Gasteiger partial charge in [0.05, 0.1) is 5.54 Å². The summed E-state index contributed by atoms with van der Waals surface area (Å²) in [6.07, 6.45) is 1.89. The third-order valence-corrected chi connectivity index (χ3v) is 6.89. The molecule has 0 bridgehead atoms. The highest BCUT2D eigenvalue weighted by atomic mass is 35.5. The van der Waals surface area contributed by atoms with Gasteiger partial charge in [0.2, 0.25) is 0 Å². The van der Waals surface area contributed by atoms with Crippen molar-refractivity contribution in [2.45, 2.75) is 50.2 Å². The molecule has 0 amide bonds. The van der Waals surface area contributed by atoms with Crippen LogP contribution in [0, 0.1) is 5.92 Å². The van der Waals surface area contributed by atoms with Gasteiger partial charge in [-0.25, -0.2) is 0 Å². The van der Waals surface area contributed by atoms with Crippen LogP contribution in [0.1, 0.15) is 43.7 Å². The monoisotopic (exact) mass is 434 g/mol. The minimum absolute atomic E-state index is 0.0752. The summed E-state index contributed by atoms with van der Waals surface area (Å²) in [4.78, 5) is 12.4. The second kappa shape index (κ2) is 9.05. The average molecular weight is 435 g/mol. The molecule has 2 aromatic rings. The van der Waals surface area contributed by atoms with E-state index >= 15 is 0 Å². The first-order valence-electron chi connectivity index (χ1n) is 10.1. The number of nitrogens with one attached hydrogen (secondary N) is 2. The van der Waals surface area contributed by atoms with Crippen molar-refractivity contribution in [3.8, 4) is 0 Å². The van der Waals surface area contributed by atoms with Crippen LogP contribution in [0.5, 0.6) is 0 Å².